The smallest absolute Gasteiger partial charge is 0.335 e. The zero-order valence-corrected chi connectivity index (χ0v) is 12.6. The first-order chi connectivity index (χ1) is 9.63. The van der Waals surface area contributed by atoms with Gasteiger partial charge >= 0.3 is 5.97 Å². The number of nitrogens with one attached hydrogen (secondary N) is 1. The van der Waals surface area contributed by atoms with E-state index >= 15 is 0 Å². The zero-order chi connectivity index (χ0) is 14.1. The van der Waals surface area contributed by atoms with Gasteiger partial charge in [-0.25, -0.2) is 4.79 Å². The highest BCUT2D eigenvalue weighted by atomic mass is 127. The van der Waals surface area contributed by atoms with Crippen LogP contribution < -0.4 is 5.32 Å². The van der Waals surface area contributed by atoms with Crippen molar-refractivity contribution in [1.82, 2.24) is 0 Å². The number of aromatic carboxylic acids is 1. The highest BCUT2D eigenvalue weighted by molar-refractivity contribution is 14.1. The Balaban J connectivity index is 2.01. The van der Waals surface area contributed by atoms with E-state index < -0.39 is 5.97 Å². The summed E-state index contributed by atoms with van der Waals surface area (Å²) in [5.74, 6) is -0.938. The number of benzene rings is 2. The first kappa shape index (κ1) is 13.1. The highest BCUT2D eigenvalue weighted by Gasteiger charge is 2.17. The molecule has 0 atom stereocenters. The monoisotopic (exact) mass is 378 g/mol. The van der Waals surface area contributed by atoms with E-state index in [1.807, 2.05) is 18.2 Å². The molecule has 20 heavy (non-hydrogen) atoms. The Bertz CT molecular complexity index is 726. The Morgan fingerprint density at radius 3 is 2.90 bits per heavy atom. The standard InChI is InChI=1S/C15H11IN2O2/c16-10-4-5-13-12(7-10)14(8-17-13)18-11-3-1-2-9(6-11)15(19)20/h1-7,17H,8H2,(H,19,20). The molecule has 0 aromatic heterocycles. The molecule has 2 aromatic carbocycles. The maximum atomic E-state index is 11.0. The van der Waals surface area contributed by atoms with Crippen molar-refractivity contribution in [2.75, 3.05) is 11.9 Å². The second kappa shape index (κ2) is 5.24. The predicted octanol–water partition coefficient (Wildman–Crippen LogP) is 3.54. The van der Waals surface area contributed by atoms with E-state index in [1.165, 1.54) is 0 Å². The van der Waals surface area contributed by atoms with Gasteiger partial charge in [-0.3, -0.25) is 4.99 Å². The maximum absolute atomic E-state index is 11.0. The van der Waals surface area contributed by atoms with E-state index in [1.54, 1.807) is 18.2 Å². The topological polar surface area (TPSA) is 61.7 Å². The van der Waals surface area contributed by atoms with Crippen LogP contribution in [0.4, 0.5) is 11.4 Å². The Kier molecular flexibility index (Phi) is 3.43. The second-order valence-corrected chi connectivity index (χ2v) is 5.70. The van der Waals surface area contributed by atoms with Gasteiger partial charge in [-0.2, -0.15) is 0 Å². The normalized spacial score (nSPS) is 14.9. The lowest BCUT2D eigenvalue weighted by Crippen LogP contribution is -2.03. The summed E-state index contributed by atoms with van der Waals surface area (Å²) < 4.78 is 1.15. The number of carboxylic acid groups (broad SMARTS) is 1. The van der Waals surface area contributed by atoms with Crippen molar-refractivity contribution in [3.05, 3.63) is 57.2 Å². The molecular weight excluding hydrogens is 367 g/mol. The van der Waals surface area contributed by atoms with Gasteiger partial charge in [0.2, 0.25) is 0 Å². The Labute approximate surface area is 129 Å². The Morgan fingerprint density at radius 2 is 2.10 bits per heavy atom. The van der Waals surface area contributed by atoms with Crippen molar-refractivity contribution in [3.8, 4) is 0 Å². The fraction of sp³-hybridized carbons (Fsp3) is 0.0667. The molecule has 0 bridgehead atoms. The number of hydrogen-bond acceptors (Lipinski definition) is 3. The van der Waals surface area contributed by atoms with E-state index in [0.717, 1.165) is 20.5 Å². The molecule has 2 aromatic rings. The van der Waals surface area contributed by atoms with E-state index in [9.17, 15) is 4.79 Å². The van der Waals surface area contributed by atoms with Crippen LogP contribution in [-0.4, -0.2) is 23.3 Å². The molecule has 0 fully saturated rings. The molecule has 0 saturated heterocycles. The van der Waals surface area contributed by atoms with Gasteiger partial charge in [-0.15, -0.1) is 0 Å². The van der Waals surface area contributed by atoms with E-state index in [2.05, 4.69) is 39.0 Å². The van der Waals surface area contributed by atoms with Crippen molar-refractivity contribution in [2.45, 2.75) is 0 Å². The number of rotatable bonds is 2. The molecule has 3 rings (SSSR count). The SMILES string of the molecule is O=C(O)c1cccc(N=C2CNc3ccc(I)cc32)c1. The number of fused-ring (bicyclic) bond motifs is 1. The summed E-state index contributed by atoms with van der Waals surface area (Å²) in [7, 11) is 0. The molecule has 1 aliphatic rings. The molecule has 1 aliphatic heterocycles. The van der Waals surface area contributed by atoms with Gasteiger partial charge in [0.15, 0.2) is 0 Å². The summed E-state index contributed by atoms with van der Waals surface area (Å²) in [6, 6.07) is 12.8. The summed E-state index contributed by atoms with van der Waals surface area (Å²) in [6.07, 6.45) is 0. The van der Waals surface area contributed by atoms with Gasteiger partial charge in [0.25, 0.3) is 0 Å². The number of anilines is 1. The largest absolute Gasteiger partial charge is 0.478 e. The lowest BCUT2D eigenvalue weighted by atomic mass is 10.1. The third-order valence-electron chi connectivity index (χ3n) is 3.10. The van der Waals surface area contributed by atoms with Crippen molar-refractivity contribution in [1.29, 1.82) is 0 Å². The first-order valence-electron chi connectivity index (χ1n) is 6.08. The van der Waals surface area contributed by atoms with Crippen LogP contribution >= 0.6 is 22.6 Å². The number of halogens is 1. The van der Waals surface area contributed by atoms with Crippen molar-refractivity contribution in [3.63, 3.8) is 0 Å². The average molecular weight is 378 g/mol. The number of aliphatic imine (C=N–C) groups is 1. The molecule has 0 amide bonds. The molecular formula is C15H11IN2O2. The molecule has 0 radical (unpaired) electrons. The van der Waals surface area contributed by atoms with Crippen LogP contribution in [0.3, 0.4) is 0 Å². The van der Waals surface area contributed by atoms with E-state index in [4.69, 9.17) is 5.11 Å². The van der Waals surface area contributed by atoms with Crippen LogP contribution in [0.5, 0.6) is 0 Å². The molecule has 0 aliphatic carbocycles. The molecule has 100 valence electrons. The summed E-state index contributed by atoms with van der Waals surface area (Å²) in [4.78, 5) is 15.5. The minimum absolute atomic E-state index is 0.251. The molecule has 5 heteroatoms. The quantitative estimate of drug-likeness (QED) is 0.786. The minimum Gasteiger partial charge on any atom is -0.478 e. The van der Waals surface area contributed by atoms with Crippen LogP contribution in [0.1, 0.15) is 15.9 Å². The van der Waals surface area contributed by atoms with Gasteiger partial charge in [-0.05, 0) is 59.0 Å². The van der Waals surface area contributed by atoms with Crippen LogP contribution in [0.15, 0.2) is 47.5 Å². The number of carbonyl (C=O) groups is 1. The average Bonchev–Trinajstić information content (AvgIpc) is 2.82. The second-order valence-electron chi connectivity index (χ2n) is 4.46. The van der Waals surface area contributed by atoms with Crippen molar-refractivity contribution in [2.24, 2.45) is 4.99 Å². The lowest BCUT2D eigenvalue weighted by molar-refractivity contribution is 0.0697. The molecule has 1 heterocycles. The van der Waals surface area contributed by atoms with Gasteiger partial charge < -0.3 is 10.4 Å². The van der Waals surface area contributed by atoms with Gasteiger partial charge in [0.1, 0.15) is 0 Å². The summed E-state index contributed by atoms with van der Waals surface area (Å²) in [5, 5.41) is 12.3. The summed E-state index contributed by atoms with van der Waals surface area (Å²) >= 11 is 2.27. The fourth-order valence-corrected chi connectivity index (χ4v) is 2.64. The van der Waals surface area contributed by atoms with Crippen LogP contribution in [0.25, 0.3) is 0 Å². The Morgan fingerprint density at radius 1 is 1.25 bits per heavy atom. The highest BCUT2D eigenvalue weighted by Crippen LogP contribution is 2.26. The third kappa shape index (κ3) is 2.53. The number of carboxylic acids is 1. The van der Waals surface area contributed by atoms with Crippen LogP contribution in [0, 0.1) is 3.57 Å². The van der Waals surface area contributed by atoms with Gasteiger partial charge in [-0.1, -0.05) is 6.07 Å². The first-order valence-corrected chi connectivity index (χ1v) is 7.16. The van der Waals surface area contributed by atoms with E-state index in [-0.39, 0.29) is 5.56 Å². The minimum atomic E-state index is -0.938. The molecule has 2 N–H and O–H groups in total. The number of hydrogen-bond donors (Lipinski definition) is 2. The Hall–Kier alpha value is -1.89. The fourth-order valence-electron chi connectivity index (χ4n) is 2.15. The molecule has 4 nitrogen and oxygen atoms in total. The molecule has 0 spiro atoms. The van der Waals surface area contributed by atoms with Crippen molar-refractivity contribution >= 4 is 45.6 Å². The summed E-state index contributed by atoms with van der Waals surface area (Å²) in [6.45, 7) is 0.659. The third-order valence-corrected chi connectivity index (χ3v) is 3.77. The van der Waals surface area contributed by atoms with Crippen molar-refractivity contribution < 1.29 is 9.90 Å². The van der Waals surface area contributed by atoms with Crippen LogP contribution in [-0.2, 0) is 0 Å². The van der Waals surface area contributed by atoms with Gasteiger partial charge in [0, 0.05) is 14.8 Å². The van der Waals surface area contributed by atoms with E-state index in [0.29, 0.717) is 12.2 Å². The summed E-state index contributed by atoms with van der Waals surface area (Å²) in [5.41, 5.74) is 3.99. The molecule has 0 unspecified atom stereocenters. The van der Waals surface area contributed by atoms with Gasteiger partial charge in [0.05, 0.1) is 23.5 Å². The maximum Gasteiger partial charge on any atom is 0.335 e. The predicted molar refractivity (Wildman–Crippen MR) is 87.2 cm³/mol. The molecule has 0 saturated carbocycles. The lowest BCUT2D eigenvalue weighted by Gasteiger charge is -2.01. The van der Waals surface area contributed by atoms with Crippen LogP contribution in [0.2, 0.25) is 0 Å². The number of nitrogens with zero attached hydrogens (tertiary/aromatic N) is 1. The zero-order valence-electron chi connectivity index (χ0n) is 10.4.